The molecule has 2 aliphatic heterocycles. The Morgan fingerprint density at radius 3 is 2.79 bits per heavy atom. The van der Waals surface area contributed by atoms with Crippen molar-refractivity contribution in [2.75, 3.05) is 25.4 Å². The zero-order chi connectivity index (χ0) is 19.6. The van der Waals surface area contributed by atoms with Crippen LogP contribution in [0.5, 0.6) is 0 Å². The number of carbonyl (C=O) groups excluding carboxylic acids is 2. The second-order valence-corrected chi connectivity index (χ2v) is 7.87. The Kier molecular flexibility index (Phi) is 4.98. The molecule has 7 nitrogen and oxygen atoms in total. The minimum Gasteiger partial charge on any atom is -0.384 e. The van der Waals surface area contributed by atoms with Crippen molar-refractivity contribution in [2.24, 2.45) is 5.41 Å². The smallest absolute Gasteiger partial charge is 0.255 e. The van der Waals surface area contributed by atoms with Gasteiger partial charge >= 0.3 is 0 Å². The van der Waals surface area contributed by atoms with Crippen LogP contribution in [0.3, 0.4) is 0 Å². The summed E-state index contributed by atoms with van der Waals surface area (Å²) in [6, 6.07) is 9.14. The van der Waals surface area contributed by atoms with Gasteiger partial charge in [-0.05, 0) is 43.5 Å². The fourth-order valence-corrected chi connectivity index (χ4v) is 4.36. The van der Waals surface area contributed by atoms with Gasteiger partial charge in [-0.25, -0.2) is 4.98 Å². The number of nitrogen functional groups attached to an aromatic ring is 1. The lowest BCUT2D eigenvalue weighted by molar-refractivity contribution is -0.139. The summed E-state index contributed by atoms with van der Waals surface area (Å²) in [5.74, 6) is 0.560. The molecular weight excluding hydrogens is 354 g/mol. The Morgan fingerprint density at radius 2 is 2.04 bits per heavy atom. The largest absolute Gasteiger partial charge is 0.384 e. The van der Waals surface area contributed by atoms with Crippen LogP contribution >= 0.6 is 0 Å². The van der Waals surface area contributed by atoms with Crippen molar-refractivity contribution in [2.45, 2.75) is 32.2 Å². The first-order chi connectivity index (χ1) is 13.5. The molecule has 2 aromatic heterocycles. The molecule has 7 heteroatoms. The summed E-state index contributed by atoms with van der Waals surface area (Å²) in [6.07, 6.45) is 6.62. The molecular formula is C21H25N5O2. The second-order valence-electron chi connectivity index (χ2n) is 7.87. The van der Waals surface area contributed by atoms with Crippen molar-refractivity contribution in [3.63, 3.8) is 0 Å². The third-order valence-corrected chi connectivity index (χ3v) is 5.81. The number of anilines is 1. The lowest BCUT2D eigenvalue weighted by atomic mass is 9.73. The summed E-state index contributed by atoms with van der Waals surface area (Å²) in [5.41, 5.74) is 7.04. The van der Waals surface area contributed by atoms with E-state index >= 15 is 0 Å². The molecule has 2 aromatic rings. The van der Waals surface area contributed by atoms with Gasteiger partial charge in [0.05, 0.1) is 17.8 Å². The summed E-state index contributed by atoms with van der Waals surface area (Å²) < 4.78 is 0. The molecule has 0 aliphatic carbocycles. The minimum atomic E-state index is -0.0438. The number of rotatable bonds is 3. The predicted molar refractivity (Wildman–Crippen MR) is 105 cm³/mol. The number of nitrogens with two attached hydrogens (primary N) is 1. The van der Waals surface area contributed by atoms with E-state index in [0.29, 0.717) is 37.4 Å². The average molecular weight is 379 g/mol. The van der Waals surface area contributed by atoms with Crippen LogP contribution in [-0.4, -0.2) is 51.2 Å². The number of piperidine rings is 2. The molecule has 28 heavy (non-hydrogen) atoms. The fraction of sp³-hybridized carbons (Fsp3) is 0.429. The van der Waals surface area contributed by atoms with Gasteiger partial charge in [-0.2, -0.15) is 0 Å². The molecule has 0 aromatic carbocycles. The molecule has 2 fully saturated rings. The number of pyridine rings is 2. The summed E-state index contributed by atoms with van der Waals surface area (Å²) in [7, 11) is 0. The number of amides is 2. The first-order valence-corrected chi connectivity index (χ1v) is 9.73. The molecule has 2 N–H and O–H groups in total. The van der Waals surface area contributed by atoms with Gasteiger partial charge in [-0.3, -0.25) is 14.6 Å². The number of hydrogen-bond acceptors (Lipinski definition) is 5. The summed E-state index contributed by atoms with van der Waals surface area (Å²) >= 11 is 0. The monoisotopic (exact) mass is 379 g/mol. The van der Waals surface area contributed by atoms with Crippen LogP contribution < -0.4 is 5.73 Å². The maximum atomic E-state index is 12.9. The number of hydrogen-bond donors (Lipinski definition) is 1. The standard InChI is InChI=1S/C21H25N5O2/c22-18-6-5-16(12-24-18)20(28)25-11-3-8-21(14-25)9-7-19(27)26(15-21)13-17-4-1-2-10-23-17/h1-2,4-6,10,12H,3,7-9,11,13-15H2,(H2,22,24). The van der Waals surface area contributed by atoms with E-state index in [4.69, 9.17) is 5.73 Å². The number of nitrogens with zero attached hydrogens (tertiary/aromatic N) is 4. The highest BCUT2D eigenvalue weighted by molar-refractivity contribution is 5.94. The Labute approximate surface area is 164 Å². The van der Waals surface area contributed by atoms with Crippen LogP contribution in [0.2, 0.25) is 0 Å². The number of likely N-dealkylation sites (tertiary alicyclic amines) is 2. The van der Waals surface area contributed by atoms with Gasteiger partial charge in [0.15, 0.2) is 0 Å². The number of carbonyl (C=O) groups is 2. The molecule has 0 saturated carbocycles. The Balaban J connectivity index is 1.48. The lowest BCUT2D eigenvalue weighted by Gasteiger charge is -2.48. The van der Waals surface area contributed by atoms with Gasteiger partial charge < -0.3 is 15.5 Å². The summed E-state index contributed by atoms with van der Waals surface area (Å²) in [4.78, 5) is 37.6. The van der Waals surface area contributed by atoms with E-state index in [1.807, 2.05) is 28.0 Å². The zero-order valence-corrected chi connectivity index (χ0v) is 15.9. The van der Waals surface area contributed by atoms with E-state index in [9.17, 15) is 9.59 Å². The second kappa shape index (κ2) is 7.58. The van der Waals surface area contributed by atoms with Crippen LogP contribution in [0.4, 0.5) is 5.82 Å². The molecule has 1 unspecified atom stereocenters. The van der Waals surface area contributed by atoms with Gasteiger partial charge in [-0.15, -0.1) is 0 Å². The van der Waals surface area contributed by atoms with Crippen molar-refractivity contribution >= 4 is 17.6 Å². The minimum absolute atomic E-state index is 0.0141. The first kappa shape index (κ1) is 18.4. The van der Waals surface area contributed by atoms with Crippen LogP contribution in [-0.2, 0) is 11.3 Å². The summed E-state index contributed by atoms with van der Waals surface area (Å²) in [6.45, 7) is 2.60. The molecule has 4 heterocycles. The van der Waals surface area contributed by atoms with E-state index in [0.717, 1.165) is 31.5 Å². The number of aromatic nitrogens is 2. The van der Waals surface area contributed by atoms with Crippen molar-refractivity contribution in [3.05, 3.63) is 54.0 Å². The molecule has 1 atom stereocenters. The average Bonchev–Trinajstić information content (AvgIpc) is 2.72. The Morgan fingerprint density at radius 1 is 1.14 bits per heavy atom. The van der Waals surface area contributed by atoms with Crippen molar-refractivity contribution in [3.8, 4) is 0 Å². The predicted octanol–water partition coefficient (Wildman–Crippen LogP) is 2.10. The van der Waals surface area contributed by atoms with Crippen molar-refractivity contribution in [1.82, 2.24) is 19.8 Å². The van der Waals surface area contributed by atoms with E-state index in [1.165, 1.54) is 6.20 Å². The van der Waals surface area contributed by atoms with Gasteiger partial charge in [0, 0.05) is 43.9 Å². The molecule has 146 valence electrons. The van der Waals surface area contributed by atoms with Crippen LogP contribution in [0.25, 0.3) is 0 Å². The molecule has 2 saturated heterocycles. The van der Waals surface area contributed by atoms with Gasteiger partial charge in [-0.1, -0.05) is 6.07 Å². The molecule has 2 aliphatic rings. The first-order valence-electron chi connectivity index (χ1n) is 9.73. The molecule has 0 bridgehead atoms. The van der Waals surface area contributed by atoms with Crippen LogP contribution in [0, 0.1) is 5.41 Å². The molecule has 2 amide bonds. The lowest BCUT2D eigenvalue weighted by Crippen LogP contribution is -2.54. The zero-order valence-electron chi connectivity index (χ0n) is 15.9. The maximum absolute atomic E-state index is 12.9. The highest BCUT2D eigenvalue weighted by atomic mass is 16.2. The highest BCUT2D eigenvalue weighted by Crippen LogP contribution is 2.39. The van der Waals surface area contributed by atoms with Crippen molar-refractivity contribution < 1.29 is 9.59 Å². The van der Waals surface area contributed by atoms with Crippen LogP contribution in [0.15, 0.2) is 42.7 Å². The van der Waals surface area contributed by atoms with Gasteiger partial charge in [0.25, 0.3) is 5.91 Å². The molecule has 4 rings (SSSR count). The van der Waals surface area contributed by atoms with Crippen LogP contribution in [0.1, 0.15) is 41.7 Å². The van der Waals surface area contributed by atoms with Gasteiger partial charge in [0.1, 0.15) is 5.82 Å². The molecule has 0 radical (unpaired) electrons. The third-order valence-electron chi connectivity index (χ3n) is 5.81. The summed E-state index contributed by atoms with van der Waals surface area (Å²) in [5, 5.41) is 0. The molecule has 1 spiro atoms. The Bertz CT molecular complexity index is 855. The Hall–Kier alpha value is -2.96. The quantitative estimate of drug-likeness (QED) is 0.882. The van der Waals surface area contributed by atoms with Crippen molar-refractivity contribution in [1.29, 1.82) is 0 Å². The van der Waals surface area contributed by atoms with E-state index in [1.54, 1.807) is 18.3 Å². The SMILES string of the molecule is Nc1ccc(C(=O)N2CCCC3(CCC(=O)N(Cc4ccccn4)C3)C2)cn1. The van der Waals surface area contributed by atoms with E-state index in [2.05, 4.69) is 9.97 Å². The maximum Gasteiger partial charge on any atom is 0.255 e. The van der Waals surface area contributed by atoms with Gasteiger partial charge in [0.2, 0.25) is 5.91 Å². The van der Waals surface area contributed by atoms with E-state index in [-0.39, 0.29) is 17.2 Å². The topological polar surface area (TPSA) is 92.4 Å². The highest BCUT2D eigenvalue weighted by Gasteiger charge is 2.42. The fourth-order valence-electron chi connectivity index (χ4n) is 4.36. The normalized spacial score (nSPS) is 22.5. The van der Waals surface area contributed by atoms with E-state index < -0.39 is 0 Å². The third kappa shape index (κ3) is 3.83.